The molecule has 1 aromatic heterocycles. The summed E-state index contributed by atoms with van der Waals surface area (Å²) in [4.78, 5) is 13.2. The van der Waals surface area contributed by atoms with Crippen LogP contribution in [0.15, 0.2) is 28.9 Å². The van der Waals surface area contributed by atoms with Crippen LogP contribution in [0.5, 0.6) is 0 Å². The summed E-state index contributed by atoms with van der Waals surface area (Å²) in [6.07, 6.45) is 0. The zero-order chi connectivity index (χ0) is 9.42. The predicted molar refractivity (Wildman–Crippen MR) is 52.7 cm³/mol. The summed E-state index contributed by atoms with van der Waals surface area (Å²) in [6.45, 7) is 0. The molecule has 0 fully saturated rings. The molecule has 0 unspecified atom stereocenters. The smallest absolute Gasteiger partial charge is 0.278 e. The number of rotatable bonds is 1. The molecule has 1 aromatic carbocycles. The molecule has 0 aliphatic carbocycles. The summed E-state index contributed by atoms with van der Waals surface area (Å²) in [5.74, 6) is 0. The van der Waals surface area contributed by atoms with Crippen LogP contribution in [0.2, 0.25) is 0 Å². The van der Waals surface area contributed by atoms with Crippen molar-refractivity contribution in [2.24, 2.45) is 0 Å². The molecule has 0 saturated carbocycles. The molecule has 0 atom stereocenters. The average molecular weight is 241 g/mol. The summed E-state index contributed by atoms with van der Waals surface area (Å²) in [6, 6.07) is 6.65. The number of nitro groups is 1. The normalized spacial score (nSPS) is 10.5. The Morgan fingerprint density at radius 2 is 2.23 bits per heavy atom. The van der Waals surface area contributed by atoms with E-state index < -0.39 is 0 Å². The van der Waals surface area contributed by atoms with E-state index in [4.69, 9.17) is 0 Å². The maximum Gasteiger partial charge on any atom is 0.278 e. The zero-order valence-electron chi connectivity index (χ0n) is 6.45. The molecule has 0 amide bonds. The van der Waals surface area contributed by atoms with Gasteiger partial charge >= 0.3 is 0 Å². The second kappa shape index (κ2) is 2.85. The Bertz CT molecular complexity index is 478. The maximum absolute atomic E-state index is 10.6. The Morgan fingerprint density at radius 1 is 1.46 bits per heavy atom. The maximum atomic E-state index is 10.6. The fourth-order valence-corrected chi connectivity index (χ4v) is 1.71. The summed E-state index contributed by atoms with van der Waals surface area (Å²) < 4.78 is 0.747. The van der Waals surface area contributed by atoms with Crippen LogP contribution in [-0.2, 0) is 0 Å². The fourth-order valence-electron chi connectivity index (χ4n) is 1.26. The first-order valence-corrected chi connectivity index (χ1v) is 4.39. The van der Waals surface area contributed by atoms with Gasteiger partial charge in [0.2, 0.25) is 0 Å². The monoisotopic (exact) mass is 240 g/mol. The molecule has 0 aliphatic rings. The van der Waals surface area contributed by atoms with Gasteiger partial charge in [-0.3, -0.25) is 10.1 Å². The van der Waals surface area contributed by atoms with Crippen LogP contribution in [0.3, 0.4) is 0 Å². The molecule has 2 aromatic rings. The Hall–Kier alpha value is -1.36. The van der Waals surface area contributed by atoms with Crippen molar-refractivity contribution in [3.8, 4) is 0 Å². The van der Waals surface area contributed by atoms with Gasteiger partial charge in [-0.15, -0.1) is 0 Å². The SMILES string of the molecule is O=[N+]([O-])c1cccc2[nH]c(Br)cc12. The molecular formula is C8H5BrN2O2. The number of halogens is 1. The lowest BCUT2D eigenvalue weighted by Crippen LogP contribution is -1.87. The van der Waals surface area contributed by atoms with Crippen molar-refractivity contribution in [3.63, 3.8) is 0 Å². The molecule has 0 aliphatic heterocycles. The number of nitrogens with one attached hydrogen (secondary N) is 1. The molecule has 1 N–H and O–H groups in total. The summed E-state index contributed by atoms with van der Waals surface area (Å²) in [7, 11) is 0. The van der Waals surface area contributed by atoms with Crippen LogP contribution >= 0.6 is 15.9 Å². The van der Waals surface area contributed by atoms with Gasteiger partial charge in [0.25, 0.3) is 5.69 Å². The van der Waals surface area contributed by atoms with E-state index in [1.165, 1.54) is 6.07 Å². The van der Waals surface area contributed by atoms with E-state index in [-0.39, 0.29) is 10.6 Å². The van der Waals surface area contributed by atoms with Crippen LogP contribution in [0.1, 0.15) is 0 Å². The summed E-state index contributed by atoms with van der Waals surface area (Å²) in [5, 5.41) is 11.2. The van der Waals surface area contributed by atoms with Crippen molar-refractivity contribution < 1.29 is 4.92 Å². The van der Waals surface area contributed by atoms with Crippen LogP contribution in [0, 0.1) is 10.1 Å². The Labute approximate surface area is 81.8 Å². The summed E-state index contributed by atoms with van der Waals surface area (Å²) in [5.41, 5.74) is 0.889. The van der Waals surface area contributed by atoms with Crippen LogP contribution < -0.4 is 0 Å². The lowest BCUT2D eigenvalue weighted by molar-refractivity contribution is -0.383. The molecule has 5 heteroatoms. The van der Waals surface area contributed by atoms with E-state index in [9.17, 15) is 10.1 Å². The van der Waals surface area contributed by atoms with Gasteiger partial charge in [-0.1, -0.05) is 6.07 Å². The number of nitro benzene ring substituents is 1. The Kier molecular flexibility index (Phi) is 1.81. The van der Waals surface area contributed by atoms with Gasteiger partial charge in [0.05, 0.1) is 20.4 Å². The summed E-state index contributed by atoms with van der Waals surface area (Å²) >= 11 is 3.23. The minimum Gasteiger partial charge on any atom is -0.349 e. The first-order valence-electron chi connectivity index (χ1n) is 3.60. The van der Waals surface area contributed by atoms with Crippen LogP contribution in [0.4, 0.5) is 5.69 Å². The number of benzene rings is 1. The van der Waals surface area contributed by atoms with Crippen molar-refractivity contribution in [1.82, 2.24) is 4.98 Å². The topological polar surface area (TPSA) is 58.9 Å². The average Bonchev–Trinajstić information content (AvgIpc) is 2.43. The number of hydrogen-bond donors (Lipinski definition) is 1. The molecule has 0 saturated heterocycles. The number of hydrogen-bond acceptors (Lipinski definition) is 2. The molecule has 0 bridgehead atoms. The third-order valence-corrected chi connectivity index (χ3v) is 2.23. The van der Waals surface area contributed by atoms with Crippen molar-refractivity contribution in [3.05, 3.63) is 39.0 Å². The number of non-ortho nitro benzene ring substituents is 1. The van der Waals surface area contributed by atoms with Gasteiger partial charge in [-0.2, -0.15) is 0 Å². The van der Waals surface area contributed by atoms with E-state index in [1.807, 2.05) is 0 Å². The highest BCUT2D eigenvalue weighted by Crippen LogP contribution is 2.27. The largest absolute Gasteiger partial charge is 0.349 e. The molecule has 0 spiro atoms. The highest BCUT2D eigenvalue weighted by atomic mass is 79.9. The molecule has 2 rings (SSSR count). The number of nitrogens with zero attached hydrogens (tertiary/aromatic N) is 1. The third-order valence-electron chi connectivity index (χ3n) is 1.80. The van der Waals surface area contributed by atoms with E-state index in [0.29, 0.717) is 5.39 Å². The Balaban J connectivity index is 2.82. The minimum absolute atomic E-state index is 0.124. The lowest BCUT2D eigenvalue weighted by atomic mass is 10.2. The van der Waals surface area contributed by atoms with Gasteiger partial charge in [0.15, 0.2) is 0 Å². The Morgan fingerprint density at radius 3 is 2.92 bits per heavy atom. The molecule has 66 valence electrons. The molecule has 0 radical (unpaired) electrons. The quantitative estimate of drug-likeness (QED) is 0.616. The van der Waals surface area contributed by atoms with E-state index in [0.717, 1.165) is 10.1 Å². The van der Waals surface area contributed by atoms with E-state index >= 15 is 0 Å². The standard InChI is InChI=1S/C8H5BrN2O2/c9-8-4-5-6(10-8)2-1-3-7(5)11(12)13/h1-4,10H. The van der Waals surface area contributed by atoms with Gasteiger partial charge in [-0.25, -0.2) is 0 Å². The van der Waals surface area contributed by atoms with Gasteiger partial charge in [-0.05, 0) is 28.1 Å². The highest BCUT2D eigenvalue weighted by Gasteiger charge is 2.12. The number of fused-ring (bicyclic) bond motifs is 1. The van der Waals surface area contributed by atoms with Gasteiger partial charge in [0, 0.05) is 6.07 Å². The number of aromatic amines is 1. The zero-order valence-corrected chi connectivity index (χ0v) is 8.04. The van der Waals surface area contributed by atoms with Gasteiger partial charge in [0.1, 0.15) is 0 Å². The van der Waals surface area contributed by atoms with Crippen LogP contribution in [0.25, 0.3) is 10.9 Å². The van der Waals surface area contributed by atoms with E-state index in [1.54, 1.807) is 18.2 Å². The lowest BCUT2D eigenvalue weighted by Gasteiger charge is -1.91. The number of aromatic nitrogens is 1. The highest BCUT2D eigenvalue weighted by molar-refractivity contribution is 9.10. The van der Waals surface area contributed by atoms with Crippen molar-refractivity contribution in [2.45, 2.75) is 0 Å². The van der Waals surface area contributed by atoms with Gasteiger partial charge < -0.3 is 4.98 Å². The second-order valence-corrected chi connectivity index (χ2v) is 3.47. The van der Waals surface area contributed by atoms with Crippen LogP contribution in [-0.4, -0.2) is 9.91 Å². The molecule has 4 nitrogen and oxygen atoms in total. The first-order chi connectivity index (χ1) is 6.18. The molecule has 13 heavy (non-hydrogen) atoms. The third kappa shape index (κ3) is 1.31. The fraction of sp³-hybridized carbons (Fsp3) is 0. The first kappa shape index (κ1) is 8.25. The molecule has 1 heterocycles. The predicted octanol–water partition coefficient (Wildman–Crippen LogP) is 2.84. The number of H-pyrrole nitrogens is 1. The van der Waals surface area contributed by atoms with Crippen molar-refractivity contribution in [1.29, 1.82) is 0 Å². The minimum atomic E-state index is -0.386. The van der Waals surface area contributed by atoms with Crippen molar-refractivity contribution in [2.75, 3.05) is 0 Å². The van der Waals surface area contributed by atoms with Crippen molar-refractivity contribution >= 4 is 32.5 Å². The second-order valence-electron chi connectivity index (χ2n) is 2.61. The molecular weight excluding hydrogens is 236 g/mol. The van der Waals surface area contributed by atoms with E-state index in [2.05, 4.69) is 20.9 Å².